The van der Waals surface area contributed by atoms with Crippen molar-refractivity contribution in [3.8, 4) is 0 Å². The Morgan fingerprint density at radius 3 is 3.06 bits per heavy atom. The smallest absolute Gasteiger partial charge is 0.204 e. The maximum absolute atomic E-state index is 6.27. The number of tetrazole rings is 1. The van der Waals surface area contributed by atoms with Crippen LogP contribution in [0.3, 0.4) is 0 Å². The van der Waals surface area contributed by atoms with E-state index in [-0.39, 0.29) is 6.04 Å². The number of nitrogens with one attached hydrogen (secondary N) is 1. The van der Waals surface area contributed by atoms with Gasteiger partial charge in [0.25, 0.3) is 0 Å². The van der Waals surface area contributed by atoms with Crippen molar-refractivity contribution in [2.45, 2.75) is 18.0 Å². The summed E-state index contributed by atoms with van der Waals surface area (Å²) in [7, 11) is 1.64. The van der Waals surface area contributed by atoms with Gasteiger partial charge in [-0.3, -0.25) is 0 Å². The van der Waals surface area contributed by atoms with E-state index in [1.54, 1.807) is 7.11 Å². The van der Waals surface area contributed by atoms with Crippen molar-refractivity contribution in [2.75, 3.05) is 13.7 Å². The van der Waals surface area contributed by atoms with Crippen LogP contribution < -0.4 is 11.5 Å². The molecule has 7 heteroatoms. The predicted molar refractivity (Wildman–Crippen MR) is 62.7 cm³/mol. The van der Waals surface area contributed by atoms with Gasteiger partial charge >= 0.3 is 0 Å². The first-order chi connectivity index (χ1) is 8.15. The number of ether oxygens (including phenoxy) is 1. The van der Waals surface area contributed by atoms with Crippen molar-refractivity contribution < 1.29 is 4.74 Å². The first-order valence-electron chi connectivity index (χ1n) is 5.34. The fraction of sp³-hybridized carbons (Fsp3) is 0.500. The van der Waals surface area contributed by atoms with Gasteiger partial charge < -0.3 is 16.2 Å². The Labute approximate surface area is 98.9 Å². The molecule has 2 unspecified atom stereocenters. The second-order valence-corrected chi connectivity index (χ2v) is 4.08. The zero-order valence-corrected chi connectivity index (χ0v) is 9.63. The van der Waals surface area contributed by atoms with Crippen LogP contribution in [-0.4, -0.2) is 45.9 Å². The molecule has 1 heterocycles. The van der Waals surface area contributed by atoms with Crippen LogP contribution in [0.2, 0.25) is 0 Å². The number of hydrogen-bond acceptors (Lipinski definition) is 6. The Kier molecular flexibility index (Phi) is 3.32. The molecule has 0 amide bonds. The van der Waals surface area contributed by atoms with E-state index in [2.05, 4.69) is 20.6 Å². The van der Waals surface area contributed by atoms with Gasteiger partial charge in [0, 0.05) is 25.3 Å². The van der Waals surface area contributed by atoms with E-state index in [0.717, 1.165) is 5.57 Å². The van der Waals surface area contributed by atoms with Crippen molar-refractivity contribution in [3.63, 3.8) is 0 Å². The fourth-order valence-corrected chi connectivity index (χ4v) is 1.76. The maximum atomic E-state index is 6.27. The summed E-state index contributed by atoms with van der Waals surface area (Å²) in [5.74, 6) is 0.514. The third-order valence-electron chi connectivity index (χ3n) is 2.87. The Hall–Kier alpha value is -1.57. The number of nitrogens with zero attached hydrogens (tertiary/aromatic N) is 3. The molecule has 2 rings (SSSR count). The normalized spacial score (nSPS) is 28.2. The summed E-state index contributed by atoms with van der Waals surface area (Å²) in [5, 5.41) is 13.8. The van der Waals surface area contributed by atoms with E-state index in [1.807, 2.05) is 18.2 Å². The van der Waals surface area contributed by atoms with Gasteiger partial charge in [0.15, 0.2) is 0 Å². The van der Waals surface area contributed by atoms with Crippen LogP contribution in [0, 0.1) is 0 Å². The van der Waals surface area contributed by atoms with E-state index >= 15 is 0 Å². The molecular formula is C10H16N6O. The highest BCUT2D eigenvalue weighted by Crippen LogP contribution is 2.25. The Morgan fingerprint density at radius 1 is 1.59 bits per heavy atom. The van der Waals surface area contributed by atoms with Gasteiger partial charge in [-0.1, -0.05) is 18.2 Å². The molecule has 2 atom stereocenters. The van der Waals surface area contributed by atoms with Gasteiger partial charge in [-0.05, 0) is 11.6 Å². The van der Waals surface area contributed by atoms with Crippen LogP contribution >= 0.6 is 0 Å². The Bertz CT molecular complexity index is 426. The van der Waals surface area contributed by atoms with Crippen LogP contribution in [0.4, 0.5) is 0 Å². The molecule has 7 nitrogen and oxygen atoms in total. The number of hydrogen-bond donors (Lipinski definition) is 3. The van der Waals surface area contributed by atoms with Crippen molar-refractivity contribution in [1.82, 2.24) is 20.6 Å². The number of allylic oxidation sites excluding steroid dienone is 2. The highest BCUT2D eigenvalue weighted by atomic mass is 16.5. The van der Waals surface area contributed by atoms with E-state index in [1.165, 1.54) is 0 Å². The lowest BCUT2D eigenvalue weighted by atomic mass is 9.82. The molecule has 0 spiro atoms. The first kappa shape index (κ1) is 11.9. The molecule has 0 fully saturated rings. The highest BCUT2D eigenvalue weighted by molar-refractivity contribution is 5.72. The summed E-state index contributed by atoms with van der Waals surface area (Å²) in [4.78, 5) is 0. The summed E-state index contributed by atoms with van der Waals surface area (Å²) >= 11 is 0. The van der Waals surface area contributed by atoms with E-state index in [0.29, 0.717) is 18.9 Å². The molecule has 5 N–H and O–H groups in total. The minimum atomic E-state index is -0.638. The number of methoxy groups -OCH3 is 1. The molecule has 17 heavy (non-hydrogen) atoms. The maximum Gasteiger partial charge on any atom is 0.204 e. The van der Waals surface area contributed by atoms with Crippen LogP contribution in [0.5, 0.6) is 0 Å². The number of rotatable bonds is 4. The van der Waals surface area contributed by atoms with Crippen molar-refractivity contribution in [3.05, 3.63) is 24.1 Å². The Morgan fingerprint density at radius 2 is 2.41 bits per heavy atom. The second-order valence-electron chi connectivity index (χ2n) is 4.08. The lowest BCUT2D eigenvalue weighted by Gasteiger charge is -2.33. The van der Waals surface area contributed by atoms with Gasteiger partial charge in [-0.15, -0.1) is 10.2 Å². The quantitative estimate of drug-likeness (QED) is 0.631. The van der Waals surface area contributed by atoms with Gasteiger partial charge in [0.2, 0.25) is 5.82 Å². The molecule has 0 bridgehead atoms. The SMILES string of the molecule is COCCC1(N)C=C(c2nn[nH]n2)C=CC1N. The van der Waals surface area contributed by atoms with Gasteiger partial charge in [-0.2, -0.15) is 5.21 Å². The molecule has 0 aromatic carbocycles. The van der Waals surface area contributed by atoms with Crippen LogP contribution in [0.1, 0.15) is 12.2 Å². The van der Waals surface area contributed by atoms with Gasteiger partial charge in [0.05, 0.1) is 5.54 Å². The molecule has 1 aromatic heterocycles. The zero-order chi connectivity index (χ0) is 12.3. The van der Waals surface area contributed by atoms with E-state index in [9.17, 15) is 0 Å². The largest absolute Gasteiger partial charge is 0.385 e. The molecule has 1 aliphatic rings. The topological polar surface area (TPSA) is 116 Å². The molecule has 0 saturated heterocycles. The average molecular weight is 236 g/mol. The molecule has 0 radical (unpaired) electrons. The zero-order valence-electron chi connectivity index (χ0n) is 9.63. The highest BCUT2D eigenvalue weighted by Gasteiger charge is 2.32. The Balaban J connectivity index is 2.24. The molecule has 92 valence electrons. The summed E-state index contributed by atoms with van der Waals surface area (Å²) in [5.41, 5.74) is 12.4. The van der Waals surface area contributed by atoms with E-state index < -0.39 is 5.54 Å². The summed E-state index contributed by atoms with van der Waals surface area (Å²) in [6.07, 6.45) is 6.21. The monoisotopic (exact) mass is 236 g/mol. The molecular weight excluding hydrogens is 220 g/mol. The molecule has 0 saturated carbocycles. The first-order valence-corrected chi connectivity index (χ1v) is 5.34. The third-order valence-corrected chi connectivity index (χ3v) is 2.87. The summed E-state index contributed by atoms with van der Waals surface area (Å²) in [6, 6.07) is -0.242. The molecule has 1 aliphatic carbocycles. The standard InChI is InChI=1S/C10H16N6O/c1-17-5-4-10(12)6-7(2-3-8(10)11)9-13-15-16-14-9/h2-3,6,8H,4-5,11-12H2,1H3,(H,13,14,15,16). The van der Waals surface area contributed by atoms with Gasteiger partial charge in [0.1, 0.15) is 0 Å². The summed E-state index contributed by atoms with van der Waals surface area (Å²) in [6.45, 7) is 0.550. The molecule has 0 aliphatic heterocycles. The second kappa shape index (κ2) is 4.74. The lowest BCUT2D eigenvalue weighted by molar-refractivity contribution is 0.174. The number of H-pyrrole nitrogens is 1. The minimum absolute atomic E-state index is 0.242. The predicted octanol–water partition coefficient (Wildman–Crippen LogP) is -0.786. The number of nitrogens with two attached hydrogens (primary N) is 2. The van der Waals surface area contributed by atoms with Crippen LogP contribution in [-0.2, 0) is 4.74 Å². The van der Waals surface area contributed by atoms with Crippen molar-refractivity contribution >= 4 is 5.57 Å². The number of aromatic nitrogens is 4. The van der Waals surface area contributed by atoms with E-state index in [4.69, 9.17) is 16.2 Å². The fourth-order valence-electron chi connectivity index (χ4n) is 1.76. The minimum Gasteiger partial charge on any atom is -0.385 e. The third kappa shape index (κ3) is 2.41. The van der Waals surface area contributed by atoms with Gasteiger partial charge in [-0.25, -0.2) is 0 Å². The molecule has 1 aromatic rings. The van der Waals surface area contributed by atoms with Crippen LogP contribution in [0.15, 0.2) is 18.2 Å². The van der Waals surface area contributed by atoms with Crippen LogP contribution in [0.25, 0.3) is 5.57 Å². The van der Waals surface area contributed by atoms with Crippen molar-refractivity contribution in [2.24, 2.45) is 11.5 Å². The van der Waals surface area contributed by atoms with Crippen molar-refractivity contribution in [1.29, 1.82) is 0 Å². The average Bonchev–Trinajstić information content (AvgIpc) is 2.84. The number of aromatic amines is 1. The summed E-state index contributed by atoms with van der Waals surface area (Å²) < 4.78 is 5.05. The lowest BCUT2D eigenvalue weighted by Crippen LogP contribution is -2.54.